The summed E-state index contributed by atoms with van der Waals surface area (Å²) in [6.07, 6.45) is 0.879. The Bertz CT molecular complexity index is 443. The molecular weight excluding hydrogens is 238 g/mol. The number of ether oxygens (including phenoxy) is 2. The molecule has 1 aliphatic rings. The van der Waals surface area contributed by atoms with Crippen molar-refractivity contribution in [2.75, 3.05) is 6.61 Å². The van der Waals surface area contributed by atoms with Gasteiger partial charge in [0, 0.05) is 11.4 Å². The van der Waals surface area contributed by atoms with Gasteiger partial charge in [-0.3, -0.25) is 0 Å². The Balaban J connectivity index is 2.02. The van der Waals surface area contributed by atoms with Gasteiger partial charge in [0.1, 0.15) is 0 Å². The van der Waals surface area contributed by atoms with Crippen molar-refractivity contribution in [3.05, 3.63) is 34.9 Å². The van der Waals surface area contributed by atoms with E-state index in [1.807, 2.05) is 31.2 Å². The van der Waals surface area contributed by atoms with Gasteiger partial charge in [-0.25, -0.2) is 0 Å². The van der Waals surface area contributed by atoms with Crippen LogP contribution in [0.4, 0.5) is 0 Å². The smallest absolute Gasteiger partial charge is 0.170 e. The maximum Gasteiger partial charge on any atom is 0.170 e. The van der Waals surface area contributed by atoms with Gasteiger partial charge in [-0.05, 0) is 24.6 Å². The van der Waals surface area contributed by atoms with Crippen molar-refractivity contribution < 1.29 is 9.47 Å². The summed E-state index contributed by atoms with van der Waals surface area (Å²) in [5.74, 6) is -0.647. The molecule has 1 aromatic rings. The normalized spacial score (nSPS) is 27.9. The first-order valence-electron chi connectivity index (χ1n) is 5.54. The number of halogens is 1. The Morgan fingerprint density at radius 1 is 1.59 bits per heavy atom. The molecule has 0 radical (unpaired) electrons. The zero-order valence-electron chi connectivity index (χ0n) is 9.65. The van der Waals surface area contributed by atoms with Gasteiger partial charge in [-0.2, -0.15) is 5.26 Å². The van der Waals surface area contributed by atoms with Crippen molar-refractivity contribution in [1.29, 1.82) is 5.26 Å². The minimum Gasteiger partial charge on any atom is -0.347 e. The zero-order valence-corrected chi connectivity index (χ0v) is 10.4. The van der Waals surface area contributed by atoms with Gasteiger partial charge >= 0.3 is 0 Å². The summed E-state index contributed by atoms with van der Waals surface area (Å²) in [7, 11) is 0. The predicted molar refractivity (Wildman–Crippen MR) is 64.6 cm³/mol. The molecule has 0 saturated carbocycles. The second kappa shape index (κ2) is 5.05. The van der Waals surface area contributed by atoms with E-state index in [-0.39, 0.29) is 6.10 Å². The van der Waals surface area contributed by atoms with Crippen LogP contribution in [0.2, 0.25) is 5.02 Å². The molecule has 0 amide bonds. The molecule has 4 heteroatoms. The quantitative estimate of drug-likeness (QED) is 0.830. The third-order valence-corrected chi connectivity index (χ3v) is 2.96. The van der Waals surface area contributed by atoms with E-state index in [0.29, 0.717) is 24.5 Å². The van der Waals surface area contributed by atoms with E-state index in [2.05, 4.69) is 6.07 Å². The largest absolute Gasteiger partial charge is 0.347 e. The SMILES string of the molecule is CC1(Cc2cccc(Cl)c2)OCC(CC#N)O1. The van der Waals surface area contributed by atoms with E-state index in [1.54, 1.807) is 0 Å². The van der Waals surface area contributed by atoms with Crippen molar-refractivity contribution >= 4 is 11.6 Å². The molecule has 2 unspecified atom stereocenters. The molecular formula is C13H14ClNO2. The molecule has 2 atom stereocenters. The van der Waals surface area contributed by atoms with E-state index >= 15 is 0 Å². The van der Waals surface area contributed by atoms with Crippen LogP contribution in [0.25, 0.3) is 0 Å². The standard InChI is InChI=1S/C13H14ClNO2/c1-13(16-9-12(17-13)5-6-15)8-10-3-2-4-11(14)7-10/h2-4,7,12H,5,8-9H2,1H3. The molecule has 90 valence electrons. The van der Waals surface area contributed by atoms with E-state index in [1.165, 1.54) is 0 Å². The first-order chi connectivity index (χ1) is 8.11. The summed E-state index contributed by atoms with van der Waals surface area (Å²) in [5, 5.41) is 9.33. The molecule has 1 fully saturated rings. The number of hydrogen-bond donors (Lipinski definition) is 0. The van der Waals surface area contributed by atoms with Crippen molar-refractivity contribution in [3.8, 4) is 6.07 Å². The highest BCUT2D eigenvalue weighted by molar-refractivity contribution is 6.30. The predicted octanol–water partition coefficient (Wildman–Crippen LogP) is 2.93. The highest BCUT2D eigenvalue weighted by atomic mass is 35.5. The molecule has 3 nitrogen and oxygen atoms in total. The molecule has 0 N–H and O–H groups in total. The highest BCUT2D eigenvalue weighted by Gasteiger charge is 2.37. The van der Waals surface area contributed by atoms with Crippen LogP contribution >= 0.6 is 11.6 Å². The molecule has 1 saturated heterocycles. The van der Waals surface area contributed by atoms with Gasteiger partial charge in [-0.1, -0.05) is 23.7 Å². The summed E-state index contributed by atoms with van der Waals surface area (Å²) < 4.78 is 11.4. The third kappa shape index (κ3) is 3.19. The van der Waals surface area contributed by atoms with Crippen molar-refractivity contribution in [1.82, 2.24) is 0 Å². The van der Waals surface area contributed by atoms with Gasteiger partial charge in [0.25, 0.3) is 0 Å². The van der Waals surface area contributed by atoms with Crippen molar-refractivity contribution in [3.63, 3.8) is 0 Å². The Hall–Kier alpha value is -1.08. The Morgan fingerprint density at radius 2 is 2.41 bits per heavy atom. The fraction of sp³-hybridized carbons (Fsp3) is 0.462. The second-order valence-electron chi connectivity index (χ2n) is 4.35. The minimum atomic E-state index is -0.647. The van der Waals surface area contributed by atoms with E-state index < -0.39 is 5.79 Å². The number of rotatable bonds is 3. The van der Waals surface area contributed by atoms with Gasteiger partial charge in [0.15, 0.2) is 5.79 Å². The topological polar surface area (TPSA) is 42.2 Å². The lowest BCUT2D eigenvalue weighted by molar-refractivity contribution is -0.151. The number of nitrogens with zero attached hydrogens (tertiary/aromatic N) is 1. The Morgan fingerprint density at radius 3 is 3.12 bits per heavy atom. The Labute approximate surface area is 106 Å². The molecule has 0 spiro atoms. The second-order valence-corrected chi connectivity index (χ2v) is 4.79. The van der Waals surface area contributed by atoms with E-state index in [0.717, 1.165) is 5.56 Å². The lowest BCUT2D eigenvalue weighted by Gasteiger charge is -2.23. The average molecular weight is 252 g/mol. The lowest BCUT2D eigenvalue weighted by atomic mass is 10.1. The lowest BCUT2D eigenvalue weighted by Crippen LogP contribution is -2.29. The summed E-state index contributed by atoms with van der Waals surface area (Å²) in [6.45, 7) is 2.37. The van der Waals surface area contributed by atoms with Gasteiger partial charge < -0.3 is 9.47 Å². The summed E-state index contributed by atoms with van der Waals surface area (Å²) in [4.78, 5) is 0. The molecule has 1 heterocycles. The molecule has 0 bridgehead atoms. The first-order valence-corrected chi connectivity index (χ1v) is 5.92. The van der Waals surface area contributed by atoms with Crippen LogP contribution < -0.4 is 0 Å². The van der Waals surface area contributed by atoms with Crippen LogP contribution in [0.15, 0.2) is 24.3 Å². The van der Waals surface area contributed by atoms with Crippen molar-refractivity contribution in [2.45, 2.75) is 31.7 Å². The summed E-state index contributed by atoms with van der Waals surface area (Å²) >= 11 is 5.93. The molecule has 1 aromatic carbocycles. The number of nitriles is 1. The summed E-state index contributed by atoms with van der Waals surface area (Å²) in [6, 6.07) is 9.72. The van der Waals surface area contributed by atoms with Gasteiger partial charge in [-0.15, -0.1) is 0 Å². The molecule has 1 aliphatic heterocycles. The Kier molecular flexibility index (Phi) is 3.68. The van der Waals surface area contributed by atoms with Gasteiger partial charge in [0.05, 0.1) is 25.2 Å². The van der Waals surface area contributed by atoms with Crippen LogP contribution in [-0.2, 0) is 15.9 Å². The van der Waals surface area contributed by atoms with Crippen LogP contribution in [0.5, 0.6) is 0 Å². The number of hydrogen-bond acceptors (Lipinski definition) is 3. The van der Waals surface area contributed by atoms with Crippen LogP contribution in [0.1, 0.15) is 18.9 Å². The van der Waals surface area contributed by atoms with E-state index in [4.69, 9.17) is 26.3 Å². The van der Waals surface area contributed by atoms with E-state index in [9.17, 15) is 0 Å². The van der Waals surface area contributed by atoms with Crippen molar-refractivity contribution in [2.24, 2.45) is 0 Å². The molecule has 17 heavy (non-hydrogen) atoms. The molecule has 0 aliphatic carbocycles. The number of benzene rings is 1. The van der Waals surface area contributed by atoms with Gasteiger partial charge in [0.2, 0.25) is 0 Å². The molecule has 0 aromatic heterocycles. The van der Waals surface area contributed by atoms with Crippen LogP contribution in [-0.4, -0.2) is 18.5 Å². The fourth-order valence-electron chi connectivity index (χ4n) is 2.00. The first kappa shape index (κ1) is 12.4. The maximum atomic E-state index is 8.62. The molecule has 2 rings (SSSR count). The monoisotopic (exact) mass is 251 g/mol. The average Bonchev–Trinajstić information content (AvgIpc) is 2.60. The zero-order chi connectivity index (χ0) is 12.3. The fourth-order valence-corrected chi connectivity index (χ4v) is 2.22. The third-order valence-electron chi connectivity index (χ3n) is 2.72. The maximum absolute atomic E-state index is 8.62. The minimum absolute atomic E-state index is 0.121. The summed E-state index contributed by atoms with van der Waals surface area (Å²) in [5.41, 5.74) is 1.07. The van der Waals surface area contributed by atoms with Crippen LogP contribution in [0, 0.1) is 11.3 Å². The highest BCUT2D eigenvalue weighted by Crippen LogP contribution is 2.29. The van der Waals surface area contributed by atoms with Crippen LogP contribution in [0.3, 0.4) is 0 Å².